The van der Waals surface area contributed by atoms with E-state index >= 15 is 0 Å². The lowest BCUT2D eigenvalue weighted by molar-refractivity contribution is -0.0311. The fourth-order valence-electron chi connectivity index (χ4n) is 4.02. The molecule has 2 bridgehead atoms. The van der Waals surface area contributed by atoms with Crippen molar-refractivity contribution in [3.8, 4) is 0 Å². The Hall–Kier alpha value is -2.32. The van der Waals surface area contributed by atoms with E-state index in [4.69, 9.17) is 4.74 Å². The van der Waals surface area contributed by atoms with E-state index < -0.39 is 29.4 Å². The molecule has 2 aromatic carbocycles. The molecule has 162 valence electrons. The third kappa shape index (κ3) is 4.70. The molecule has 3 aliphatic rings. The highest BCUT2D eigenvalue weighted by molar-refractivity contribution is 5.87. The maximum atomic E-state index is 13.7. The molecule has 1 unspecified atom stereocenters. The second-order valence-electron chi connectivity index (χ2n) is 7.50. The zero-order valence-corrected chi connectivity index (χ0v) is 16.8. The van der Waals surface area contributed by atoms with E-state index in [0.29, 0.717) is 6.54 Å². The Morgan fingerprint density at radius 3 is 2.30 bits per heavy atom. The van der Waals surface area contributed by atoms with Crippen LogP contribution in [-0.4, -0.2) is 36.7 Å². The zero-order valence-electron chi connectivity index (χ0n) is 16.0. The highest BCUT2D eigenvalue weighted by atomic mass is 35.5. The number of ether oxygens (including phenoxy) is 1. The number of rotatable bonds is 4. The second kappa shape index (κ2) is 9.22. The minimum absolute atomic E-state index is 0. The van der Waals surface area contributed by atoms with Crippen LogP contribution in [0.2, 0.25) is 0 Å². The third-order valence-corrected chi connectivity index (χ3v) is 5.57. The number of hydrogen-bond acceptors (Lipinski definition) is 3. The average Bonchev–Trinajstić information content (AvgIpc) is 2.71. The summed E-state index contributed by atoms with van der Waals surface area (Å²) in [5.74, 6) is -4.60. The molecule has 3 fully saturated rings. The molecule has 0 aliphatic carbocycles. The molecule has 4 nitrogen and oxygen atoms in total. The summed E-state index contributed by atoms with van der Waals surface area (Å²) < 4.78 is 59.9. The molecular formula is C21H21ClF4N2O2. The molecule has 0 spiro atoms. The lowest BCUT2D eigenvalue weighted by Gasteiger charge is -2.44. The van der Waals surface area contributed by atoms with Crippen molar-refractivity contribution < 1.29 is 27.1 Å². The van der Waals surface area contributed by atoms with Crippen molar-refractivity contribution in [2.45, 2.75) is 25.5 Å². The second-order valence-corrected chi connectivity index (χ2v) is 7.50. The van der Waals surface area contributed by atoms with Gasteiger partial charge in [-0.1, -0.05) is 6.07 Å². The number of carbonyl (C=O) groups is 1. The monoisotopic (exact) mass is 444 g/mol. The number of benzene rings is 2. The van der Waals surface area contributed by atoms with Crippen LogP contribution in [0.5, 0.6) is 0 Å². The van der Waals surface area contributed by atoms with E-state index in [1.54, 1.807) is 0 Å². The van der Waals surface area contributed by atoms with Crippen LogP contribution in [0.15, 0.2) is 36.4 Å². The molecule has 1 atom stereocenters. The van der Waals surface area contributed by atoms with E-state index in [-0.39, 0.29) is 42.2 Å². The van der Waals surface area contributed by atoms with Crippen molar-refractivity contribution in [2.75, 3.05) is 24.5 Å². The Kier molecular flexibility index (Phi) is 6.88. The van der Waals surface area contributed by atoms with Crippen LogP contribution in [0.3, 0.4) is 0 Å². The van der Waals surface area contributed by atoms with Gasteiger partial charge < -0.3 is 4.74 Å². The first-order valence-corrected chi connectivity index (χ1v) is 9.50. The molecule has 30 heavy (non-hydrogen) atoms. The standard InChI is InChI=1S/C21H20F4N2O2.ClH/c22-15-2-1-3-16(10-15)27(11-13-8-17(23)20(25)18(24)9-13)21(28)29-19-12-26-6-4-14(19)5-7-26;/h1-3,8-10,14,19H,4-7,11-12H2;1H. The Labute approximate surface area is 177 Å². The maximum absolute atomic E-state index is 13.7. The molecular weight excluding hydrogens is 424 g/mol. The number of halogens is 5. The van der Waals surface area contributed by atoms with Gasteiger partial charge in [-0.15, -0.1) is 12.4 Å². The molecule has 9 heteroatoms. The summed E-state index contributed by atoms with van der Waals surface area (Å²) >= 11 is 0. The lowest BCUT2D eigenvalue weighted by atomic mass is 9.86. The van der Waals surface area contributed by atoms with Gasteiger partial charge in [-0.05, 0) is 67.7 Å². The summed E-state index contributed by atoms with van der Waals surface area (Å²) in [5.41, 5.74) is 0.206. The molecule has 1 amide bonds. The van der Waals surface area contributed by atoms with Gasteiger partial charge in [-0.3, -0.25) is 9.80 Å². The molecule has 3 saturated heterocycles. The quantitative estimate of drug-likeness (QED) is 0.496. The third-order valence-electron chi connectivity index (χ3n) is 5.57. The summed E-state index contributed by atoms with van der Waals surface area (Å²) in [6, 6.07) is 6.90. The van der Waals surface area contributed by atoms with Crippen LogP contribution in [0.4, 0.5) is 28.0 Å². The summed E-state index contributed by atoms with van der Waals surface area (Å²) in [4.78, 5) is 16.3. The van der Waals surface area contributed by atoms with E-state index in [0.717, 1.165) is 49.0 Å². The van der Waals surface area contributed by atoms with Gasteiger partial charge in [0, 0.05) is 6.54 Å². The van der Waals surface area contributed by atoms with Crippen LogP contribution in [0, 0.1) is 29.2 Å². The van der Waals surface area contributed by atoms with Gasteiger partial charge in [0.1, 0.15) is 11.9 Å². The Morgan fingerprint density at radius 2 is 1.73 bits per heavy atom. The highest BCUT2D eigenvalue weighted by Crippen LogP contribution is 2.31. The smallest absolute Gasteiger partial charge is 0.414 e. The van der Waals surface area contributed by atoms with Crippen molar-refractivity contribution in [3.63, 3.8) is 0 Å². The predicted molar refractivity (Wildman–Crippen MR) is 106 cm³/mol. The molecule has 0 aromatic heterocycles. The first-order chi connectivity index (χ1) is 13.9. The number of nitrogens with zero attached hydrogens (tertiary/aromatic N) is 2. The molecule has 5 rings (SSSR count). The molecule has 0 saturated carbocycles. The van der Waals surface area contributed by atoms with E-state index in [1.165, 1.54) is 18.2 Å². The minimum Gasteiger partial charge on any atom is -0.444 e. The van der Waals surface area contributed by atoms with Gasteiger partial charge in [0.2, 0.25) is 0 Å². The lowest BCUT2D eigenvalue weighted by Crippen LogP contribution is -2.53. The fraction of sp³-hybridized carbons (Fsp3) is 0.381. The number of anilines is 1. The number of hydrogen-bond donors (Lipinski definition) is 0. The number of piperidine rings is 3. The number of amides is 1. The van der Waals surface area contributed by atoms with Crippen molar-refractivity contribution in [3.05, 3.63) is 65.2 Å². The molecule has 0 radical (unpaired) electrons. The topological polar surface area (TPSA) is 32.8 Å². The van der Waals surface area contributed by atoms with Crippen molar-refractivity contribution in [2.24, 2.45) is 5.92 Å². The Morgan fingerprint density at radius 1 is 1.07 bits per heavy atom. The Bertz CT molecular complexity index is 899. The summed E-state index contributed by atoms with van der Waals surface area (Å²) in [5, 5.41) is 0. The largest absolute Gasteiger partial charge is 0.444 e. The van der Waals surface area contributed by atoms with Gasteiger partial charge >= 0.3 is 6.09 Å². The zero-order chi connectivity index (χ0) is 20.5. The fourth-order valence-corrected chi connectivity index (χ4v) is 4.02. The minimum atomic E-state index is -1.58. The van der Waals surface area contributed by atoms with Gasteiger partial charge in [-0.2, -0.15) is 0 Å². The van der Waals surface area contributed by atoms with E-state index in [2.05, 4.69) is 4.90 Å². The first kappa shape index (κ1) is 22.4. The van der Waals surface area contributed by atoms with Gasteiger partial charge in [0.15, 0.2) is 17.5 Å². The van der Waals surface area contributed by atoms with E-state index in [9.17, 15) is 22.4 Å². The normalized spacial score (nSPS) is 22.3. The van der Waals surface area contributed by atoms with Crippen LogP contribution in [0.1, 0.15) is 18.4 Å². The van der Waals surface area contributed by atoms with Crippen molar-refractivity contribution in [1.82, 2.24) is 4.90 Å². The van der Waals surface area contributed by atoms with Crippen LogP contribution in [0.25, 0.3) is 0 Å². The van der Waals surface area contributed by atoms with Crippen molar-refractivity contribution >= 4 is 24.2 Å². The highest BCUT2D eigenvalue weighted by Gasteiger charge is 2.37. The van der Waals surface area contributed by atoms with Crippen LogP contribution < -0.4 is 4.90 Å². The van der Waals surface area contributed by atoms with Gasteiger partial charge in [0.25, 0.3) is 0 Å². The molecule has 2 aromatic rings. The van der Waals surface area contributed by atoms with Gasteiger partial charge in [0.05, 0.1) is 12.2 Å². The first-order valence-electron chi connectivity index (χ1n) is 9.50. The summed E-state index contributed by atoms with van der Waals surface area (Å²) in [6.45, 7) is 2.28. The molecule has 3 heterocycles. The number of carbonyl (C=O) groups excluding carboxylic acids is 1. The average molecular weight is 445 g/mol. The Balaban J connectivity index is 0.00000256. The predicted octanol–water partition coefficient (Wildman–Crippen LogP) is 4.90. The summed E-state index contributed by atoms with van der Waals surface area (Å²) in [6.07, 6.45) is 0.848. The molecule has 0 N–H and O–H groups in total. The van der Waals surface area contributed by atoms with Crippen LogP contribution in [-0.2, 0) is 11.3 Å². The van der Waals surface area contributed by atoms with Crippen molar-refractivity contribution in [1.29, 1.82) is 0 Å². The number of fused-ring (bicyclic) bond motifs is 3. The van der Waals surface area contributed by atoms with Crippen LogP contribution >= 0.6 is 12.4 Å². The van der Waals surface area contributed by atoms with Gasteiger partial charge in [-0.25, -0.2) is 22.4 Å². The SMILES string of the molecule is Cl.O=C(OC1CN2CCC1CC2)N(Cc1cc(F)c(F)c(F)c1)c1cccc(F)c1. The van der Waals surface area contributed by atoms with E-state index in [1.807, 2.05) is 0 Å². The maximum Gasteiger partial charge on any atom is 0.414 e. The molecule has 3 aliphatic heterocycles. The summed E-state index contributed by atoms with van der Waals surface area (Å²) in [7, 11) is 0.